The van der Waals surface area contributed by atoms with Gasteiger partial charge in [0.05, 0.1) is 33.4 Å². The number of rotatable bonds is 4. The van der Waals surface area contributed by atoms with Gasteiger partial charge in [0.25, 0.3) is 0 Å². The molecule has 9 aromatic rings. The molecule has 0 spiro atoms. The van der Waals surface area contributed by atoms with Gasteiger partial charge in [-0.3, -0.25) is 0 Å². The Morgan fingerprint density at radius 3 is 1.26 bits per heavy atom. The highest BCUT2D eigenvalue weighted by atomic mass is 15.0. The van der Waals surface area contributed by atoms with Gasteiger partial charge >= 0.3 is 0 Å². The number of para-hydroxylation sites is 1. The van der Waals surface area contributed by atoms with Gasteiger partial charge in [-0.25, -0.2) is 9.97 Å². The molecule has 0 unspecified atom stereocenters. The van der Waals surface area contributed by atoms with Gasteiger partial charge in [-0.05, 0) is 120 Å². The maximum atomic E-state index is 5.04. The Morgan fingerprint density at radius 1 is 0.380 bits per heavy atom. The van der Waals surface area contributed by atoms with Crippen molar-refractivity contribution in [1.82, 2.24) is 19.1 Å². The summed E-state index contributed by atoms with van der Waals surface area (Å²) in [5.74, 6) is 0.730. The topological polar surface area (TPSA) is 35.6 Å². The first-order chi connectivity index (χ1) is 24.2. The Kier molecular flexibility index (Phi) is 6.79. The van der Waals surface area contributed by atoms with E-state index in [2.05, 4.69) is 166 Å². The molecule has 3 aromatic heterocycles. The van der Waals surface area contributed by atoms with Crippen molar-refractivity contribution in [2.75, 3.05) is 0 Å². The molecule has 0 saturated heterocycles. The average molecular weight is 647 g/mol. The van der Waals surface area contributed by atoms with Crippen molar-refractivity contribution in [3.05, 3.63) is 155 Å². The first-order valence-electron chi connectivity index (χ1n) is 17.3. The van der Waals surface area contributed by atoms with Gasteiger partial charge in [-0.15, -0.1) is 0 Å². The minimum Gasteiger partial charge on any atom is -0.309 e. The van der Waals surface area contributed by atoms with E-state index in [1.54, 1.807) is 0 Å². The summed E-state index contributed by atoms with van der Waals surface area (Å²) in [6.07, 6.45) is 0. The fraction of sp³-hybridized carbons (Fsp3) is 0.130. The van der Waals surface area contributed by atoms with Crippen LogP contribution >= 0.6 is 0 Å². The van der Waals surface area contributed by atoms with Crippen molar-refractivity contribution in [2.45, 2.75) is 41.5 Å². The molecule has 4 nitrogen and oxygen atoms in total. The van der Waals surface area contributed by atoms with Crippen LogP contribution in [0.5, 0.6) is 0 Å². The minimum absolute atomic E-state index is 0.730. The number of nitrogens with zero attached hydrogens (tertiary/aromatic N) is 4. The first kappa shape index (κ1) is 30.1. The lowest BCUT2D eigenvalue weighted by Gasteiger charge is -2.18. The van der Waals surface area contributed by atoms with Crippen LogP contribution in [0.2, 0.25) is 0 Å². The van der Waals surface area contributed by atoms with Gasteiger partial charge in [0.15, 0.2) is 5.82 Å². The zero-order valence-electron chi connectivity index (χ0n) is 29.3. The number of hydrogen-bond donors (Lipinski definition) is 0. The lowest BCUT2D eigenvalue weighted by molar-refractivity contribution is 1.05. The Labute approximate surface area is 292 Å². The maximum Gasteiger partial charge on any atom is 0.161 e. The van der Waals surface area contributed by atoms with Crippen molar-refractivity contribution < 1.29 is 0 Å². The van der Waals surface area contributed by atoms with Crippen LogP contribution in [0.4, 0.5) is 0 Å². The summed E-state index contributed by atoms with van der Waals surface area (Å²) < 4.78 is 4.82. The average Bonchev–Trinajstić information content (AvgIpc) is 3.58. The van der Waals surface area contributed by atoms with E-state index in [1.807, 2.05) is 6.07 Å². The van der Waals surface area contributed by atoms with Crippen LogP contribution < -0.4 is 0 Å². The fourth-order valence-electron chi connectivity index (χ4n) is 7.86. The largest absolute Gasteiger partial charge is 0.309 e. The molecule has 0 fully saturated rings. The molecule has 3 heterocycles. The molecule has 0 aliphatic heterocycles. The van der Waals surface area contributed by atoms with Gasteiger partial charge in [0.1, 0.15) is 0 Å². The minimum atomic E-state index is 0.730. The first-order valence-corrected chi connectivity index (χ1v) is 17.3. The van der Waals surface area contributed by atoms with Crippen molar-refractivity contribution in [2.24, 2.45) is 0 Å². The predicted octanol–water partition coefficient (Wildman–Crippen LogP) is 11.9. The van der Waals surface area contributed by atoms with Crippen molar-refractivity contribution in [3.63, 3.8) is 0 Å². The summed E-state index contributed by atoms with van der Waals surface area (Å²) in [7, 11) is 0. The molecule has 50 heavy (non-hydrogen) atoms. The van der Waals surface area contributed by atoms with E-state index in [0.29, 0.717) is 0 Å². The summed E-state index contributed by atoms with van der Waals surface area (Å²) in [6, 6.07) is 44.7. The van der Waals surface area contributed by atoms with Gasteiger partial charge in [0, 0.05) is 44.1 Å². The molecule has 0 atom stereocenters. The van der Waals surface area contributed by atoms with Crippen LogP contribution in [0.3, 0.4) is 0 Å². The van der Waals surface area contributed by atoms with E-state index in [1.165, 1.54) is 65.9 Å². The van der Waals surface area contributed by atoms with Crippen molar-refractivity contribution in [3.8, 4) is 33.9 Å². The zero-order valence-corrected chi connectivity index (χ0v) is 29.3. The van der Waals surface area contributed by atoms with E-state index >= 15 is 0 Å². The van der Waals surface area contributed by atoms with E-state index in [-0.39, 0.29) is 0 Å². The molecule has 0 amide bonds. The number of fused-ring (bicyclic) bond motifs is 6. The van der Waals surface area contributed by atoms with Gasteiger partial charge in [-0.1, -0.05) is 70.8 Å². The van der Waals surface area contributed by atoms with Crippen molar-refractivity contribution in [1.29, 1.82) is 0 Å². The quantitative estimate of drug-likeness (QED) is 0.191. The lowest BCUT2D eigenvalue weighted by atomic mass is 9.99. The molecule has 9 rings (SSSR count). The second-order valence-corrected chi connectivity index (χ2v) is 14.0. The third-order valence-corrected chi connectivity index (χ3v) is 10.1. The number of aromatic nitrogens is 4. The molecule has 4 heteroatoms. The summed E-state index contributed by atoms with van der Waals surface area (Å²) in [5, 5.41) is 5.05. The molecular formula is C46H38N4. The SMILES string of the molecule is Cc1ccc2c(c1)c1cc(C)ccc1n2-c1ccccc1-c1ccc(-n2c3ccc(C)cc3c3cc(C)ccc32)c(-c2nc(C)cc(C)n2)c1. The molecule has 0 N–H and O–H groups in total. The van der Waals surface area contributed by atoms with Crippen LogP contribution in [0.25, 0.3) is 77.5 Å². The Hall–Kier alpha value is -6.00. The number of hydrogen-bond acceptors (Lipinski definition) is 2. The molecule has 0 aliphatic carbocycles. The smallest absolute Gasteiger partial charge is 0.161 e. The molecule has 0 radical (unpaired) electrons. The lowest BCUT2D eigenvalue weighted by Crippen LogP contribution is -2.03. The second-order valence-electron chi connectivity index (χ2n) is 14.0. The van der Waals surface area contributed by atoms with Gasteiger partial charge in [-0.2, -0.15) is 0 Å². The van der Waals surface area contributed by atoms with Gasteiger partial charge < -0.3 is 9.13 Å². The fourth-order valence-corrected chi connectivity index (χ4v) is 7.86. The zero-order chi connectivity index (χ0) is 34.3. The highest BCUT2D eigenvalue weighted by Crippen LogP contribution is 2.41. The summed E-state index contributed by atoms with van der Waals surface area (Å²) in [4.78, 5) is 10.1. The molecule has 0 bridgehead atoms. The highest BCUT2D eigenvalue weighted by Gasteiger charge is 2.21. The van der Waals surface area contributed by atoms with E-state index in [4.69, 9.17) is 9.97 Å². The molecule has 0 saturated carbocycles. The van der Waals surface area contributed by atoms with Crippen molar-refractivity contribution >= 4 is 43.6 Å². The molecule has 6 aromatic carbocycles. The van der Waals surface area contributed by atoms with E-state index in [0.717, 1.165) is 45.3 Å². The molecule has 0 aliphatic rings. The van der Waals surface area contributed by atoms with Crippen LogP contribution in [0.15, 0.2) is 121 Å². The summed E-state index contributed by atoms with van der Waals surface area (Å²) in [6.45, 7) is 12.8. The molecule has 242 valence electrons. The monoisotopic (exact) mass is 646 g/mol. The highest BCUT2D eigenvalue weighted by molar-refractivity contribution is 6.11. The second kappa shape index (κ2) is 11.3. The predicted molar refractivity (Wildman–Crippen MR) is 210 cm³/mol. The molecular weight excluding hydrogens is 609 g/mol. The standard InChI is InChI=1S/C46H38N4/c1-27-11-16-41-35(21-27)36-22-28(2)12-17-42(36)49(41)40-10-8-7-9-34(40)33-15-20-45(39(26-33)46-47-31(5)25-32(6)48-46)50-43-18-13-29(3)23-37(43)38-24-30(4)14-19-44(38)50/h7-26H,1-6H3. The Morgan fingerprint density at radius 2 is 0.800 bits per heavy atom. The van der Waals surface area contributed by atoms with Crippen LogP contribution in [-0.2, 0) is 0 Å². The maximum absolute atomic E-state index is 5.04. The third kappa shape index (κ3) is 4.74. The van der Waals surface area contributed by atoms with Crippen LogP contribution in [0, 0.1) is 41.5 Å². The third-order valence-electron chi connectivity index (χ3n) is 10.1. The Balaban J connectivity index is 1.34. The van der Waals surface area contributed by atoms with Gasteiger partial charge in [0.2, 0.25) is 0 Å². The van der Waals surface area contributed by atoms with Crippen LogP contribution in [0.1, 0.15) is 33.6 Å². The normalized spacial score (nSPS) is 11.8. The number of aryl methyl sites for hydroxylation is 6. The summed E-state index contributed by atoms with van der Waals surface area (Å²) >= 11 is 0. The van der Waals surface area contributed by atoms with E-state index in [9.17, 15) is 0 Å². The Bertz CT molecular complexity index is 2690. The summed E-state index contributed by atoms with van der Waals surface area (Å²) in [5.41, 5.74) is 17.1. The number of benzene rings is 6. The van der Waals surface area contributed by atoms with E-state index < -0.39 is 0 Å². The van der Waals surface area contributed by atoms with Crippen LogP contribution in [-0.4, -0.2) is 19.1 Å².